The molecule has 0 bridgehead atoms. The van der Waals surface area contributed by atoms with Crippen molar-refractivity contribution in [2.45, 2.75) is 72.4 Å². The molecular formula is C26H36ClN3O4. The Morgan fingerprint density at radius 2 is 1.97 bits per heavy atom. The molecule has 2 heterocycles. The van der Waals surface area contributed by atoms with E-state index in [1.165, 1.54) is 4.90 Å². The van der Waals surface area contributed by atoms with Crippen LogP contribution in [0.4, 0.5) is 4.79 Å². The first-order chi connectivity index (χ1) is 15.7. The number of likely N-dealkylation sites (tertiary alicyclic amines) is 1. The monoisotopic (exact) mass is 489 g/mol. The average molecular weight is 490 g/mol. The van der Waals surface area contributed by atoms with Crippen LogP contribution in [-0.2, 0) is 21.5 Å². The molecule has 0 saturated carbocycles. The predicted molar refractivity (Wildman–Crippen MR) is 132 cm³/mol. The predicted octanol–water partition coefficient (Wildman–Crippen LogP) is 4.78. The summed E-state index contributed by atoms with van der Waals surface area (Å²) in [5, 5.41) is 12.9. The number of hydrogen-bond acceptors (Lipinski definition) is 3. The SMILES string of the molecule is CC(C)C1=CN([C@@H]2CC(=O)N(CC(=O)O)C2)C(=O)N[C@@]1(C)c1ccc(CCC(C)(C)C)c(Cl)c1. The number of aliphatic carboxylic acids is 1. The van der Waals surface area contributed by atoms with Crippen molar-refractivity contribution in [3.8, 4) is 0 Å². The number of hydrogen-bond donors (Lipinski definition) is 2. The number of carboxylic acids is 1. The largest absolute Gasteiger partial charge is 0.480 e. The number of benzene rings is 1. The van der Waals surface area contributed by atoms with E-state index in [0.717, 1.165) is 29.5 Å². The van der Waals surface area contributed by atoms with Crippen molar-refractivity contribution in [3.05, 3.63) is 46.1 Å². The van der Waals surface area contributed by atoms with Gasteiger partial charge in [0.05, 0.1) is 11.6 Å². The molecule has 2 N–H and O–H groups in total. The summed E-state index contributed by atoms with van der Waals surface area (Å²) in [5.74, 6) is -1.21. The van der Waals surface area contributed by atoms with Gasteiger partial charge in [-0.15, -0.1) is 0 Å². The van der Waals surface area contributed by atoms with Gasteiger partial charge in [0.1, 0.15) is 6.54 Å². The highest BCUT2D eigenvalue weighted by Gasteiger charge is 2.44. The molecule has 0 aromatic heterocycles. The van der Waals surface area contributed by atoms with Crippen LogP contribution in [0.15, 0.2) is 30.0 Å². The summed E-state index contributed by atoms with van der Waals surface area (Å²) in [5.41, 5.74) is 2.45. The second kappa shape index (κ2) is 9.61. The van der Waals surface area contributed by atoms with Crippen molar-refractivity contribution in [1.29, 1.82) is 0 Å². The van der Waals surface area contributed by atoms with E-state index < -0.39 is 17.6 Å². The third-order valence-electron chi connectivity index (χ3n) is 6.76. The number of nitrogens with one attached hydrogen (secondary N) is 1. The van der Waals surface area contributed by atoms with Crippen molar-refractivity contribution in [1.82, 2.24) is 15.1 Å². The Labute approximate surface area is 207 Å². The van der Waals surface area contributed by atoms with E-state index in [4.69, 9.17) is 16.7 Å². The van der Waals surface area contributed by atoms with Gasteiger partial charge in [0.25, 0.3) is 0 Å². The van der Waals surface area contributed by atoms with E-state index >= 15 is 0 Å². The lowest BCUT2D eigenvalue weighted by Gasteiger charge is -2.43. The van der Waals surface area contributed by atoms with E-state index in [0.29, 0.717) is 5.02 Å². The van der Waals surface area contributed by atoms with Crippen molar-refractivity contribution < 1.29 is 19.5 Å². The summed E-state index contributed by atoms with van der Waals surface area (Å²) in [6.07, 6.45) is 3.85. The van der Waals surface area contributed by atoms with Crippen LogP contribution in [-0.4, -0.2) is 51.9 Å². The first-order valence-electron chi connectivity index (χ1n) is 11.8. The smallest absolute Gasteiger partial charge is 0.323 e. The second-order valence-corrected chi connectivity index (χ2v) is 11.5. The van der Waals surface area contributed by atoms with Crippen LogP contribution in [0, 0.1) is 11.3 Å². The molecule has 34 heavy (non-hydrogen) atoms. The van der Waals surface area contributed by atoms with Crippen LogP contribution < -0.4 is 5.32 Å². The number of halogens is 1. The normalized spacial score (nSPS) is 23.4. The molecule has 3 amide bonds. The number of rotatable bonds is 7. The maximum Gasteiger partial charge on any atom is 0.323 e. The molecule has 0 radical (unpaired) electrons. The summed E-state index contributed by atoms with van der Waals surface area (Å²) in [7, 11) is 0. The van der Waals surface area contributed by atoms with Gasteiger partial charge >= 0.3 is 12.0 Å². The van der Waals surface area contributed by atoms with E-state index in [1.54, 1.807) is 4.90 Å². The molecule has 8 heteroatoms. The van der Waals surface area contributed by atoms with Crippen molar-refractivity contribution in [2.75, 3.05) is 13.1 Å². The molecule has 186 valence electrons. The van der Waals surface area contributed by atoms with Gasteiger partial charge in [0.2, 0.25) is 5.91 Å². The number of aryl methyl sites for hydroxylation is 1. The number of carboxylic acid groups (broad SMARTS) is 1. The minimum atomic E-state index is -1.06. The molecule has 3 rings (SSSR count). The van der Waals surface area contributed by atoms with Crippen LogP contribution in [0.1, 0.15) is 65.5 Å². The van der Waals surface area contributed by atoms with Crippen molar-refractivity contribution in [2.24, 2.45) is 11.3 Å². The van der Waals surface area contributed by atoms with Crippen molar-refractivity contribution in [3.63, 3.8) is 0 Å². The zero-order chi connectivity index (χ0) is 25.4. The molecule has 7 nitrogen and oxygen atoms in total. The molecule has 1 fully saturated rings. The highest BCUT2D eigenvalue weighted by molar-refractivity contribution is 6.31. The van der Waals surface area contributed by atoms with Gasteiger partial charge in [-0.3, -0.25) is 14.5 Å². The Kier molecular flexibility index (Phi) is 7.37. The van der Waals surface area contributed by atoms with Crippen LogP contribution in [0.3, 0.4) is 0 Å². The maximum atomic E-state index is 13.2. The van der Waals surface area contributed by atoms with Crippen LogP contribution in [0.5, 0.6) is 0 Å². The summed E-state index contributed by atoms with van der Waals surface area (Å²) >= 11 is 6.68. The van der Waals surface area contributed by atoms with Crippen molar-refractivity contribution >= 4 is 29.5 Å². The lowest BCUT2D eigenvalue weighted by molar-refractivity contribution is -0.142. The molecule has 0 unspecified atom stereocenters. The zero-order valence-electron chi connectivity index (χ0n) is 20.9. The maximum absolute atomic E-state index is 13.2. The number of urea groups is 1. The van der Waals surface area contributed by atoms with E-state index in [2.05, 4.69) is 39.9 Å². The molecule has 1 aromatic carbocycles. The summed E-state index contributed by atoms with van der Waals surface area (Å²) in [4.78, 5) is 39.4. The van der Waals surface area contributed by atoms with Crippen LogP contribution in [0.2, 0.25) is 5.02 Å². The zero-order valence-corrected chi connectivity index (χ0v) is 21.7. The Morgan fingerprint density at radius 3 is 2.53 bits per heavy atom. The Bertz CT molecular complexity index is 1010. The van der Waals surface area contributed by atoms with Gasteiger partial charge in [-0.25, -0.2) is 4.79 Å². The van der Waals surface area contributed by atoms with E-state index in [1.807, 2.05) is 31.3 Å². The number of carbonyl (C=O) groups is 3. The van der Waals surface area contributed by atoms with Gasteiger partial charge < -0.3 is 15.3 Å². The minimum absolute atomic E-state index is 0.105. The summed E-state index contributed by atoms with van der Waals surface area (Å²) in [6, 6.07) is 5.30. The molecular weight excluding hydrogens is 454 g/mol. The average Bonchev–Trinajstić information content (AvgIpc) is 3.05. The van der Waals surface area contributed by atoms with Gasteiger partial charge in [-0.2, -0.15) is 0 Å². The summed E-state index contributed by atoms with van der Waals surface area (Å²) in [6.45, 7) is 12.6. The standard InChI is InChI=1S/C26H36ClN3O4/c1-16(2)20-14-30(19-12-22(31)29(13-19)15-23(32)33)24(34)28-26(20,6)18-8-7-17(21(27)11-18)9-10-25(3,4)5/h7-8,11,14,16,19H,9-10,12-13,15H2,1-6H3,(H,28,34)(H,32,33)/t19-,26+/m1/s1. The number of amides is 3. The molecule has 2 aliphatic rings. The van der Waals surface area contributed by atoms with E-state index in [9.17, 15) is 14.4 Å². The molecule has 2 atom stereocenters. The first kappa shape index (κ1) is 26.1. The van der Waals surface area contributed by atoms with E-state index in [-0.39, 0.29) is 42.8 Å². The van der Waals surface area contributed by atoms with Crippen LogP contribution >= 0.6 is 11.6 Å². The topological polar surface area (TPSA) is 90.0 Å². The second-order valence-electron chi connectivity index (χ2n) is 11.1. The van der Waals surface area contributed by atoms with Gasteiger partial charge in [-0.1, -0.05) is 58.4 Å². The Balaban J connectivity index is 1.90. The van der Waals surface area contributed by atoms with Gasteiger partial charge in [0.15, 0.2) is 0 Å². The molecule has 0 spiro atoms. The highest BCUT2D eigenvalue weighted by Crippen LogP contribution is 2.39. The molecule has 1 saturated heterocycles. The fourth-order valence-electron chi connectivity index (χ4n) is 4.75. The Morgan fingerprint density at radius 1 is 1.29 bits per heavy atom. The number of nitrogens with zero attached hydrogens (tertiary/aromatic N) is 2. The highest BCUT2D eigenvalue weighted by atomic mass is 35.5. The fourth-order valence-corrected chi connectivity index (χ4v) is 5.02. The minimum Gasteiger partial charge on any atom is -0.480 e. The first-order valence-corrected chi connectivity index (χ1v) is 12.2. The lowest BCUT2D eigenvalue weighted by atomic mass is 9.77. The molecule has 1 aromatic rings. The number of carbonyl (C=O) groups excluding carboxylic acids is 2. The van der Waals surface area contributed by atoms with Crippen LogP contribution in [0.25, 0.3) is 0 Å². The molecule has 0 aliphatic carbocycles. The fraction of sp³-hybridized carbons (Fsp3) is 0.577. The quantitative estimate of drug-likeness (QED) is 0.576. The third kappa shape index (κ3) is 5.57. The lowest BCUT2D eigenvalue weighted by Crippen LogP contribution is -2.57. The summed E-state index contributed by atoms with van der Waals surface area (Å²) < 4.78 is 0. The van der Waals surface area contributed by atoms with Gasteiger partial charge in [0, 0.05) is 24.2 Å². The molecule has 2 aliphatic heterocycles. The van der Waals surface area contributed by atoms with Gasteiger partial charge in [-0.05, 0) is 53.9 Å². The third-order valence-corrected chi connectivity index (χ3v) is 7.11. The Hall–Kier alpha value is -2.54.